The van der Waals surface area contributed by atoms with Crippen molar-refractivity contribution in [2.24, 2.45) is 0 Å². The van der Waals surface area contributed by atoms with Crippen molar-refractivity contribution >= 4 is 10.0 Å². The Morgan fingerprint density at radius 3 is 2.48 bits per heavy atom. The van der Waals surface area contributed by atoms with E-state index in [2.05, 4.69) is 4.72 Å². The first-order chi connectivity index (χ1) is 11.1. The highest BCUT2D eigenvalue weighted by Gasteiger charge is 2.07. The molecule has 2 aromatic rings. The number of sulfonamides is 1. The average molecular weight is 333 g/mol. The monoisotopic (exact) mass is 333 g/mol. The molecule has 0 atom stereocenters. The number of hydrogen-bond acceptors (Lipinski definition) is 3. The van der Waals surface area contributed by atoms with Crippen molar-refractivity contribution in [3.05, 3.63) is 60.2 Å². The van der Waals surface area contributed by atoms with Crippen LogP contribution in [0.25, 0.3) is 0 Å². The fraction of sp³-hybridized carbons (Fsp3) is 0.333. The Balaban J connectivity index is 1.83. The first-order valence-electron chi connectivity index (χ1n) is 7.88. The van der Waals surface area contributed by atoms with E-state index in [9.17, 15) is 8.42 Å². The van der Waals surface area contributed by atoms with Gasteiger partial charge < -0.3 is 4.74 Å². The summed E-state index contributed by atoms with van der Waals surface area (Å²) in [6.45, 7) is 2.32. The minimum Gasteiger partial charge on any atom is -0.457 e. The van der Waals surface area contributed by atoms with Gasteiger partial charge in [-0.2, -0.15) is 0 Å². The average Bonchev–Trinajstić information content (AvgIpc) is 2.53. The lowest BCUT2D eigenvalue weighted by Crippen LogP contribution is -2.27. The molecule has 23 heavy (non-hydrogen) atoms. The van der Waals surface area contributed by atoms with Gasteiger partial charge in [-0.05, 0) is 49.1 Å². The summed E-state index contributed by atoms with van der Waals surface area (Å²) in [5.74, 6) is 1.78. The second kappa shape index (κ2) is 8.70. The predicted molar refractivity (Wildman–Crippen MR) is 93.4 cm³/mol. The molecule has 0 radical (unpaired) electrons. The Labute approximate surface area is 138 Å². The van der Waals surface area contributed by atoms with E-state index >= 15 is 0 Å². The molecule has 0 saturated carbocycles. The molecule has 1 N–H and O–H groups in total. The Morgan fingerprint density at radius 1 is 1.00 bits per heavy atom. The molecule has 0 bridgehead atoms. The number of ether oxygens (including phenoxy) is 1. The zero-order valence-corrected chi connectivity index (χ0v) is 14.2. The summed E-state index contributed by atoms with van der Waals surface area (Å²) in [5, 5.41) is 0. The summed E-state index contributed by atoms with van der Waals surface area (Å²) in [6.07, 6.45) is 2.20. The standard InChI is InChI=1S/C18H23NO3S/c1-2-14-23(20,21)19-13-7-9-16-8-6-12-18(15-16)22-17-10-4-3-5-11-17/h3-6,8,10-12,15,19H,2,7,9,13-14H2,1H3. The lowest BCUT2D eigenvalue weighted by molar-refractivity contribution is 0.482. The molecule has 0 saturated heterocycles. The molecule has 124 valence electrons. The third-order valence-corrected chi connectivity index (χ3v) is 4.90. The lowest BCUT2D eigenvalue weighted by atomic mass is 10.1. The Morgan fingerprint density at radius 2 is 1.74 bits per heavy atom. The highest BCUT2D eigenvalue weighted by molar-refractivity contribution is 7.89. The highest BCUT2D eigenvalue weighted by atomic mass is 32.2. The maximum Gasteiger partial charge on any atom is 0.211 e. The predicted octanol–water partition coefficient (Wildman–Crippen LogP) is 3.74. The van der Waals surface area contributed by atoms with Crippen LogP contribution in [0.5, 0.6) is 11.5 Å². The maximum absolute atomic E-state index is 11.6. The van der Waals surface area contributed by atoms with E-state index < -0.39 is 10.0 Å². The zero-order chi connectivity index (χ0) is 16.5. The smallest absolute Gasteiger partial charge is 0.211 e. The van der Waals surface area contributed by atoms with Gasteiger partial charge in [0.1, 0.15) is 11.5 Å². The van der Waals surface area contributed by atoms with Crippen LogP contribution in [0.1, 0.15) is 25.3 Å². The van der Waals surface area contributed by atoms with Crippen molar-refractivity contribution in [3.8, 4) is 11.5 Å². The van der Waals surface area contributed by atoms with Gasteiger partial charge in [-0.1, -0.05) is 37.3 Å². The molecule has 0 unspecified atom stereocenters. The van der Waals surface area contributed by atoms with Gasteiger partial charge in [0.2, 0.25) is 10.0 Å². The Hall–Kier alpha value is -1.85. The van der Waals surface area contributed by atoms with Crippen molar-refractivity contribution in [2.75, 3.05) is 12.3 Å². The Bertz CT molecular complexity index is 699. The molecule has 0 heterocycles. The van der Waals surface area contributed by atoms with Crippen molar-refractivity contribution in [3.63, 3.8) is 0 Å². The topological polar surface area (TPSA) is 55.4 Å². The molecular formula is C18H23NO3S. The number of rotatable bonds is 9. The van der Waals surface area contributed by atoms with Crippen LogP contribution in [0.15, 0.2) is 54.6 Å². The highest BCUT2D eigenvalue weighted by Crippen LogP contribution is 2.22. The van der Waals surface area contributed by atoms with Gasteiger partial charge in [-0.25, -0.2) is 13.1 Å². The third-order valence-electron chi connectivity index (χ3n) is 3.31. The molecule has 0 aliphatic carbocycles. The minimum atomic E-state index is -3.11. The molecular weight excluding hydrogens is 310 g/mol. The van der Waals surface area contributed by atoms with Crippen molar-refractivity contribution in [1.82, 2.24) is 4.72 Å². The normalized spacial score (nSPS) is 11.3. The fourth-order valence-electron chi connectivity index (χ4n) is 2.25. The summed E-state index contributed by atoms with van der Waals surface area (Å²) < 4.78 is 31.6. The van der Waals surface area contributed by atoms with Gasteiger partial charge >= 0.3 is 0 Å². The molecule has 5 heteroatoms. The third kappa shape index (κ3) is 6.42. The number of para-hydroxylation sites is 1. The van der Waals surface area contributed by atoms with Crippen LogP contribution in [-0.4, -0.2) is 20.7 Å². The van der Waals surface area contributed by atoms with E-state index in [-0.39, 0.29) is 5.75 Å². The zero-order valence-electron chi connectivity index (χ0n) is 13.4. The SMILES string of the molecule is CCCS(=O)(=O)NCCCc1cccc(Oc2ccccc2)c1. The van der Waals surface area contributed by atoms with Gasteiger partial charge in [-0.3, -0.25) is 0 Å². The van der Waals surface area contributed by atoms with Gasteiger partial charge in [-0.15, -0.1) is 0 Å². The fourth-order valence-corrected chi connectivity index (χ4v) is 3.39. The van der Waals surface area contributed by atoms with Gasteiger partial charge in [0, 0.05) is 6.54 Å². The number of hydrogen-bond donors (Lipinski definition) is 1. The van der Waals surface area contributed by atoms with Crippen LogP contribution in [0.2, 0.25) is 0 Å². The minimum absolute atomic E-state index is 0.188. The summed E-state index contributed by atoms with van der Waals surface area (Å²) in [5.41, 5.74) is 1.13. The summed E-state index contributed by atoms with van der Waals surface area (Å²) >= 11 is 0. The molecule has 0 aromatic heterocycles. The quantitative estimate of drug-likeness (QED) is 0.711. The summed E-state index contributed by atoms with van der Waals surface area (Å²) in [4.78, 5) is 0. The van der Waals surface area contributed by atoms with E-state index in [1.807, 2.05) is 61.5 Å². The largest absolute Gasteiger partial charge is 0.457 e. The van der Waals surface area contributed by atoms with E-state index in [0.29, 0.717) is 13.0 Å². The van der Waals surface area contributed by atoms with E-state index in [4.69, 9.17) is 4.74 Å². The van der Waals surface area contributed by atoms with Crippen LogP contribution in [-0.2, 0) is 16.4 Å². The first kappa shape index (κ1) is 17.5. The number of benzene rings is 2. The molecule has 0 spiro atoms. The number of aryl methyl sites for hydroxylation is 1. The molecule has 0 amide bonds. The van der Waals surface area contributed by atoms with Crippen LogP contribution in [0.3, 0.4) is 0 Å². The molecule has 2 rings (SSSR count). The van der Waals surface area contributed by atoms with Gasteiger partial charge in [0.15, 0.2) is 0 Å². The second-order valence-corrected chi connectivity index (χ2v) is 7.31. The van der Waals surface area contributed by atoms with E-state index in [0.717, 1.165) is 29.9 Å². The van der Waals surface area contributed by atoms with Crippen LogP contribution in [0.4, 0.5) is 0 Å². The molecule has 0 aliphatic rings. The van der Waals surface area contributed by atoms with Crippen molar-refractivity contribution in [1.29, 1.82) is 0 Å². The molecule has 4 nitrogen and oxygen atoms in total. The van der Waals surface area contributed by atoms with Crippen LogP contribution in [0, 0.1) is 0 Å². The number of nitrogens with one attached hydrogen (secondary N) is 1. The second-order valence-electron chi connectivity index (χ2n) is 5.38. The first-order valence-corrected chi connectivity index (χ1v) is 9.53. The summed E-state index contributed by atoms with van der Waals surface area (Å²) in [6, 6.07) is 17.5. The van der Waals surface area contributed by atoms with Crippen molar-refractivity contribution in [2.45, 2.75) is 26.2 Å². The van der Waals surface area contributed by atoms with Crippen LogP contribution >= 0.6 is 0 Å². The lowest BCUT2D eigenvalue weighted by Gasteiger charge is -2.08. The van der Waals surface area contributed by atoms with E-state index in [1.165, 1.54) is 0 Å². The van der Waals surface area contributed by atoms with Crippen molar-refractivity contribution < 1.29 is 13.2 Å². The van der Waals surface area contributed by atoms with E-state index in [1.54, 1.807) is 0 Å². The van der Waals surface area contributed by atoms with Gasteiger partial charge in [0.05, 0.1) is 5.75 Å². The Kier molecular flexibility index (Phi) is 6.62. The van der Waals surface area contributed by atoms with Gasteiger partial charge in [0.25, 0.3) is 0 Å². The van der Waals surface area contributed by atoms with Crippen LogP contribution < -0.4 is 9.46 Å². The summed E-state index contributed by atoms with van der Waals surface area (Å²) in [7, 11) is -3.11. The molecule has 0 fully saturated rings. The molecule has 0 aliphatic heterocycles. The molecule has 2 aromatic carbocycles. The maximum atomic E-state index is 11.6.